The van der Waals surface area contributed by atoms with E-state index in [1.807, 2.05) is 0 Å². The molecule has 1 atom stereocenters. The summed E-state index contributed by atoms with van der Waals surface area (Å²) in [5.41, 5.74) is 0.917. The summed E-state index contributed by atoms with van der Waals surface area (Å²) < 4.78 is 60.7. The second-order valence-electron chi connectivity index (χ2n) is 4.80. The normalized spacial score (nSPS) is 12.4. The lowest BCUT2D eigenvalue weighted by Crippen LogP contribution is -2.09. The average molecular weight is 382 g/mol. The van der Waals surface area contributed by atoms with Gasteiger partial charge in [-0.2, -0.15) is 16.8 Å². The van der Waals surface area contributed by atoms with Gasteiger partial charge in [0.2, 0.25) is 0 Å². The molecule has 0 heterocycles. The molecule has 2 aromatic carbocycles. The Bertz CT molecular complexity index is 932. The van der Waals surface area contributed by atoms with Crippen LogP contribution in [0.1, 0.15) is 16.4 Å². The van der Waals surface area contributed by atoms with Gasteiger partial charge in [-0.15, -0.1) is 6.58 Å². The largest absolute Gasteiger partial charge is 0.295 e. The SMILES string of the molecule is C=CC(c1ccccc1)S(=O)(=O)O.C=Cc1ccccc1S(=O)(=O)O. The lowest BCUT2D eigenvalue weighted by molar-refractivity contribution is 0.476. The molecule has 134 valence electrons. The fourth-order valence-corrected chi connectivity index (χ4v) is 3.40. The van der Waals surface area contributed by atoms with E-state index in [2.05, 4.69) is 13.2 Å². The van der Waals surface area contributed by atoms with Crippen LogP contribution in [0.25, 0.3) is 6.08 Å². The first-order chi connectivity index (χ1) is 11.6. The van der Waals surface area contributed by atoms with Crippen molar-refractivity contribution in [2.45, 2.75) is 10.1 Å². The monoisotopic (exact) mass is 382 g/mol. The van der Waals surface area contributed by atoms with Crippen molar-refractivity contribution < 1.29 is 25.9 Å². The van der Waals surface area contributed by atoms with Gasteiger partial charge in [-0.05, 0) is 17.2 Å². The molecule has 0 saturated heterocycles. The van der Waals surface area contributed by atoms with Crippen molar-refractivity contribution in [1.29, 1.82) is 0 Å². The van der Waals surface area contributed by atoms with Gasteiger partial charge in [0, 0.05) is 0 Å². The molecule has 8 heteroatoms. The minimum Gasteiger partial charge on any atom is -0.285 e. The van der Waals surface area contributed by atoms with E-state index < -0.39 is 25.5 Å². The summed E-state index contributed by atoms with van der Waals surface area (Å²) in [7, 11) is -8.20. The molecule has 0 saturated carbocycles. The maximum Gasteiger partial charge on any atom is 0.295 e. The van der Waals surface area contributed by atoms with Gasteiger partial charge < -0.3 is 0 Å². The van der Waals surface area contributed by atoms with Gasteiger partial charge in [0.05, 0.1) is 0 Å². The molecule has 1 unspecified atom stereocenters. The quantitative estimate of drug-likeness (QED) is 0.606. The standard InChI is InChI=1S/C9H10O3S.C8H8O3S/c1-2-9(13(10,11)12)8-6-4-3-5-7-8;1-2-7-5-3-4-6-8(7)12(9,10)11/h2-7,9H,1H2,(H,10,11,12);2-6H,1H2,(H,9,10,11). The van der Waals surface area contributed by atoms with Crippen molar-refractivity contribution in [3.8, 4) is 0 Å². The molecule has 0 aliphatic heterocycles. The topological polar surface area (TPSA) is 109 Å². The molecular formula is C17H18O6S2. The first-order valence-corrected chi connectivity index (χ1v) is 9.88. The van der Waals surface area contributed by atoms with Crippen LogP contribution >= 0.6 is 0 Å². The zero-order chi connectivity index (χ0) is 19.1. The summed E-state index contributed by atoms with van der Waals surface area (Å²) in [6, 6.07) is 14.5. The molecule has 0 spiro atoms. The van der Waals surface area contributed by atoms with Crippen LogP contribution in [-0.2, 0) is 20.2 Å². The van der Waals surface area contributed by atoms with Crippen LogP contribution in [0.2, 0.25) is 0 Å². The van der Waals surface area contributed by atoms with E-state index in [4.69, 9.17) is 9.11 Å². The molecular weight excluding hydrogens is 364 g/mol. The summed E-state index contributed by atoms with van der Waals surface area (Å²) in [6.45, 7) is 6.79. The summed E-state index contributed by atoms with van der Waals surface area (Å²) in [5.74, 6) is 0. The highest BCUT2D eigenvalue weighted by Crippen LogP contribution is 2.21. The van der Waals surface area contributed by atoms with E-state index in [-0.39, 0.29) is 4.90 Å². The maximum absolute atomic E-state index is 10.8. The van der Waals surface area contributed by atoms with E-state index in [0.29, 0.717) is 11.1 Å². The minimum absolute atomic E-state index is 0.111. The third-order valence-electron chi connectivity index (χ3n) is 3.08. The average Bonchev–Trinajstić information content (AvgIpc) is 2.55. The molecule has 0 radical (unpaired) electrons. The van der Waals surface area contributed by atoms with Gasteiger partial charge in [-0.25, -0.2) is 0 Å². The lowest BCUT2D eigenvalue weighted by Gasteiger charge is -2.08. The molecule has 6 nitrogen and oxygen atoms in total. The highest BCUT2D eigenvalue weighted by Gasteiger charge is 2.20. The Kier molecular flexibility index (Phi) is 7.25. The van der Waals surface area contributed by atoms with Crippen molar-refractivity contribution >= 4 is 26.3 Å². The smallest absolute Gasteiger partial charge is 0.285 e. The Morgan fingerprint density at radius 1 is 0.840 bits per heavy atom. The molecule has 2 N–H and O–H groups in total. The Hall–Kier alpha value is -2.26. The summed E-state index contributed by atoms with van der Waals surface area (Å²) in [4.78, 5) is -0.111. The van der Waals surface area contributed by atoms with Gasteiger partial charge >= 0.3 is 0 Å². The van der Waals surface area contributed by atoms with Crippen molar-refractivity contribution in [2.75, 3.05) is 0 Å². The van der Waals surface area contributed by atoms with Gasteiger partial charge in [-0.1, -0.05) is 67.3 Å². The predicted molar refractivity (Wildman–Crippen MR) is 97.3 cm³/mol. The Labute approximate surface area is 147 Å². The van der Waals surface area contributed by atoms with Crippen LogP contribution in [-0.4, -0.2) is 25.9 Å². The maximum atomic E-state index is 10.8. The first kappa shape index (κ1) is 20.8. The highest BCUT2D eigenvalue weighted by molar-refractivity contribution is 7.86. The minimum atomic E-state index is -4.12. The number of benzene rings is 2. The van der Waals surface area contributed by atoms with E-state index in [1.165, 1.54) is 24.3 Å². The summed E-state index contributed by atoms with van der Waals surface area (Å²) in [5, 5.41) is -1.03. The third kappa shape index (κ3) is 6.28. The van der Waals surface area contributed by atoms with Crippen LogP contribution in [0, 0.1) is 0 Å². The van der Waals surface area contributed by atoms with Crippen LogP contribution in [0.3, 0.4) is 0 Å². The Morgan fingerprint density at radius 3 is 1.76 bits per heavy atom. The first-order valence-electron chi connectivity index (χ1n) is 6.94. The van der Waals surface area contributed by atoms with Crippen LogP contribution in [0.15, 0.2) is 78.7 Å². The van der Waals surface area contributed by atoms with Crippen LogP contribution < -0.4 is 0 Å². The number of rotatable bonds is 5. The Balaban J connectivity index is 0.000000251. The van der Waals surface area contributed by atoms with Gasteiger partial charge in [0.15, 0.2) is 0 Å². The molecule has 2 rings (SSSR count). The van der Waals surface area contributed by atoms with Crippen molar-refractivity contribution in [2.24, 2.45) is 0 Å². The zero-order valence-electron chi connectivity index (χ0n) is 13.2. The van der Waals surface area contributed by atoms with Crippen molar-refractivity contribution in [3.63, 3.8) is 0 Å². The second kappa shape index (κ2) is 8.72. The summed E-state index contributed by atoms with van der Waals surface area (Å²) in [6.07, 6.45) is 2.58. The molecule has 0 aliphatic carbocycles. The third-order valence-corrected chi connectivity index (χ3v) is 5.11. The second-order valence-corrected chi connectivity index (χ2v) is 7.73. The molecule has 0 fully saturated rings. The molecule has 0 amide bonds. The zero-order valence-corrected chi connectivity index (χ0v) is 14.8. The fourth-order valence-electron chi connectivity index (χ4n) is 1.96. The van der Waals surface area contributed by atoms with Gasteiger partial charge in [0.25, 0.3) is 20.2 Å². The van der Waals surface area contributed by atoms with Crippen molar-refractivity contribution in [3.05, 3.63) is 85.0 Å². The summed E-state index contributed by atoms with van der Waals surface area (Å²) >= 11 is 0. The molecule has 25 heavy (non-hydrogen) atoms. The van der Waals surface area contributed by atoms with E-state index in [9.17, 15) is 16.8 Å². The van der Waals surface area contributed by atoms with Crippen LogP contribution in [0.5, 0.6) is 0 Å². The lowest BCUT2D eigenvalue weighted by atomic mass is 10.1. The van der Waals surface area contributed by atoms with E-state index in [1.54, 1.807) is 42.5 Å². The highest BCUT2D eigenvalue weighted by atomic mass is 32.2. The number of hydrogen-bond acceptors (Lipinski definition) is 4. The fraction of sp³-hybridized carbons (Fsp3) is 0.0588. The molecule has 0 aromatic heterocycles. The van der Waals surface area contributed by atoms with Gasteiger partial charge in [-0.3, -0.25) is 9.11 Å². The van der Waals surface area contributed by atoms with Crippen LogP contribution in [0.4, 0.5) is 0 Å². The van der Waals surface area contributed by atoms with Crippen molar-refractivity contribution in [1.82, 2.24) is 0 Å². The van der Waals surface area contributed by atoms with Gasteiger partial charge in [0.1, 0.15) is 10.1 Å². The predicted octanol–water partition coefficient (Wildman–Crippen LogP) is 3.38. The molecule has 2 aromatic rings. The Morgan fingerprint density at radius 2 is 1.36 bits per heavy atom. The molecule has 0 bridgehead atoms. The van der Waals surface area contributed by atoms with E-state index in [0.717, 1.165) is 0 Å². The molecule has 0 aliphatic rings. The number of hydrogen-bond donors (Lipinski definition) is 2. The van der Waals surface area contributed by atoms with E-state index >= 15 is 0 Å².